The number of nitrogens with zero attached hydrogens (tertiary/aromatic N) is 6. The van der Waals surface area contributed by atoms with E-state index in [0.717, 1.165) is 22.5 Å². The first-order valence-electron chi connectivity index (χ1n) is 9.95. The van der Waals surface area contributed by atoms with Gasteiger partial charge in [-0.05, 0) is 54.6 Å². The van der Waals surface area contributed by atoms with Crippen LogP contribution in [0, 0.1) is 11.3 Å². The predicted molar refractivity (Wildman–Crippen MR) is 124 cm³/mol. The lowest BCUT2D eigenvalue weighted by atomic mass is 10.1. The van der Waals surface area contributed by atoms with Gasteiger partial charge in [0, 0.05) is 23.6 Å². The first-order chi connectivity index (χ1) is 16.1. The van der Waals surface area contributed by atoms with Crippen LogP contribution in [0.3, 0.4) is 0 Å². The number of fused-ring (bicyclic) bond motifs is 3. The maximum Gasteiger partial charge on any atom is 0.234 e. The minimum Gasteiger partial charge on any atom is -0.497 e. The van der Waals surface area contributed by atoms with E-state index in [1.807, 2.05) is 47.1 Å². The lowest BCUT2D eigenvalue weighted by Crippen LogP contribution is -2.14. The van der Waals surface area contributed by atoms with Crippen LogP contribution in [0.15, 0.2) is 72.1 Å². The first-order valence-corrected chi connectivity index (χ1v) is 10.9. The number of thioether (sulfide) groups is 1. The van der Waals surface area contributed by atoms with Gasteiger partial charge in [0.05, 0.1) is 30.2 Å². The molecule has 1 amide bonds. The number of rotatable bonds is 6. The Hall–Kier alpha value is -4.36. The molecule has 1 N–H and O–H groups in total. The van der Waals surface area contributed by atoms with Crippen molar-refractivity contribution in [2.75, 3.05) is 18.2 Å². The van der Waals surface area contributed by atoms with Gasteiger partial charge in [-0.1, -0.05) is 11.8 Å². The molecule has 10 heteroatoms. The van der Waals surface area contributed by atoms with Gasteiger partial charge in [0.1, 0.15) is 11.3 Å². The second kappa shape index (κ2) is 8.64. The van der Waals surface area contributed by atoms with E-state index in [-0.39, 0.29) is 11.7 Å². The molecular weight excluding hydrogens is 438 g/mol. The topological polar surface area (TPSA) is 110 Å². The number of hydrogen-bond donors (Lipinski definition) is 1. The van der Waals surface area contributed by atoms with Crippen molar-refractivity contribution in [1.29, 1.82) is 5.26 Å². The van der Waals surface area contributed by atoms with E-state index >= 15 is 0 Å². The Labute approximate surface area is 192 Å². The highest BCUT2D eigenvalue weighted by molar-refractivity contribution is 7.99. The van der Waals surface area contributed by atoms with Crippen LogP contribution < -0.4 is 10.1 Å². The van der Waals surface area contributed by atoms with E-state index in [0.29, 0.717) is 22.1 Å². The maximum atomic E-state index is 12.3. The van der Waals surface area contributed by atoms with Gasteiger partial charge in [-0.25, -0.2) is 4.52 Å². The van der Waals surface area contributed by atoms with Crippen molar-refractivity contribution in [2.45, 2.75) is 5.16 Å². The number of amides is 1. The molecule has 5 rings (SSSR count). The third kappa shape index (κ3) is 4.09. The van der Waals surface area contributed by atoms with Crippen LogP contribution in [0.2, 0.25) is 0 Å². The van der Waals surface area contributed by atoms with E-state index in [4.69, 9.17) is 10.00 Å². The van der Waals surface area contributed by atoms with Crippen LogP contribution in [0.1, 0.15) is 5.56 Å². The van der Waals surface area contributed by atoms with Gasteiger partial charge in [0.25, 0.3) is 0 Å². The molecular formula is C23H17N7O2S. The number of nitriles is 1. The van der Waals surface area contributed by atoms with E-state index in [1.165, 1.54) is 11.8 Å². The number of carbonyl (C=O) groups is 1. The van der Waals surface area contributed by atoms with Crippen LogP contribution in [0.5, 0.6) is 5.75 Å². The van der Waals surface area contributed by atoms with Crippen LogP contribution >= 0.6 is 11.8 Å². The SMILES string of the molecule is COc1ccc(-c2cc3c4nnc(SCC(=O)Nc5ccc(C#N)cc5)n4ccn3n2)cc1. The summed E-state index contributed by atoms with van der Waals surface area (Å²) in [5.74, 6) is 0.781. The summed E-state index contributed by atoms with van der Waals surface area (Å²) in [6.45, 7) is 0. The van der Waals surface area contributed by atoms with Crippen LogP contribution in [-0.4, -0.2) is 43.0 Å². The standard InChI is InChI=1S/C23H17N7O2S/c1-32-18-8-4-16(5-9-18)19-12-20-22-26-27-23(29(22)10-11-30(20)28-19)33-14-21(31)25-17-6-2-15(13-24)3-7-17/h2-12H,14H2,1H3,(H,25,31). The van der Waals surface area contributed by atoms with E-state index in [9.17, 15) is 4.79 Å². The monoisotopic (exact) mass is 455 g/mol. The molecule has 3 heterocycles. The Morgan fingerprint density at radius 3 is 2.64 bits per heavy atom. The molecule has 2 aromatic carbocycles. The van der Waals surface area contributed by atoms with Crippen molar-refractivity contribution in [2.24, 2.45) is 0 Å². The quantitative estimate of drug-likeness (QED) is 0.389. The van der Waals surface area contributed by atoms with E-state index < -0.39 is 0 Å². The van der Waals surface area contributed by atoms with Crippen LogP contribution in [-0.2, 0) is 4.79 Å². The summed E-state index contributed by atoms with van der Waals surface area (Å²) in [6, 6.07) is 18.4. The van der Waals surface area contributed by atoms with Gasteiger partial charge in [0.15, 0.2) is 10.8 Å². The molecule has 0 spiro atoms. The molecule has 0 atom stereocenters. The molecule has 3 aromatic heterocycles. The van der Waals surface area contributed by atoms with E-state index in [1.54, 1.807) is 35.9 Å². The summed E-state index contributed by atoms with van der Waals surface area (Å²) in [5.41, 5.74) is 4.41. The molecule has 0 saturated carbocycles. The first kappa shape index (κ1) is 20.5. The van der Waals surface area contributed by atoms with Gasteiger partial charge in [-0.2, -0.15) is 10.4 Å². The van der Waals surface area contributed by atoms with Crippen molar-refractivity contribution in [1.82, 2.24) is 24.2 Å². The highest BCUT2D eigenvalue weighted by atomic mass is 32.2. The summed E-state index contributed by atoms with van der Waals surface area (Å²) < 4.78 is 8.82. The average molecular weight is 456 g/mol. The fraction of sp³-hybridized carbons (Fsp3) is 0.0870. The smallest absolute Gasteiger partial charge is 0.234 e. The van der Waals surface area contributed by atoms with Crippen LogP contribution in [0.25, 0.3) is 22.4 Å². The van der Waals surface area contributed by atoms with Crippen molar-refractivity contribution in [3.05, 3.63) is 72.6 Å². The van der Waals surface area contributed by atoms with Crippen molar-refractivity contribution in [3.63, 3.8) is 0 Å². The van der Waals surface area contributed by atoms with Crippen molar-refractivity contribution >= 4 is 34.5 Å². The van der Waals surface area contributed by atoms with Gasteiger partial charge in [0.2, 0.25) is 5.91 Å². The summed E-state index contributed by atoms with van der Waals surface area (Å²) in [4.78, 5) is 12.3. The Kier molecular flexibility index (Phi) is 5.38. The highest BCUT2D eigenvalue weighted by Gasteiger charge is 2.14. The number of nitrogens with one attached hydrogen (secondary N) is 1. The third-order valence-corrected chi connectivity index (χ3v) is 5.95. The number of anilines is 1. The number of carbonyl (C=O) groups excluding carboxylic acids is 1. The summed E-state index contributed by atoms with van der Waals surface area (Å²) in [6.07, 6.45) is 3.66. The van der Waals surface area contributed by atoms with Gasteiger partial charge in [-0.15, -0.1) is 10.2 Å². The number of benzene rings is 2. The Balaban J connectivity index is 1.34. The zero-order valence-corrected chi connectivity index (χ0v) is 18.3. The molecule has 0 aliphatic heterocycles. The van der Waals surface area contributed by atoms with Gasteiger partial charge < -0.3 is 10.1 Å². The minimum atomic E-state index is -0.173. The summed E-state index contributed by atoms with van der Waals surface area (Å²) in [5, 5.41) is 25.5. The largest absolute Gasteiger partial charge is 0.497 e. The van der Waals surface area contributed by atoms with Gasteiger partial charge >= 0.3 is 0 Å². The number of aromatic nitrogens is 5. The Morgan fingerprint density at radius 1 is 1.12 bits per heavy atom. The fourth-order valence-corrected chi connectivity index (χ4v) is 4.06. The molecule has 5 aromatic rings. The molecule has 0 bridgehead atoms. The highest BCUT2D eigenvalue weighted by Crippen LogP contribution is 2.25. The fourth-order valence-electron chi connectivity index (χ4n) is 3.35. The van der Waals surface area contributed by atoms with Crippen molar-refractivity contribution < 1.29 is 9.53 Å². The van der Waals surface area contributed by atoms with Crippen LogP contribution in [0.4, 0.5) is 5.69 Å². The molecule has 0 unspecified atom stereocenters. The second-order valence-electron chi connectivity index (χ2n) is 7.09. The predicted octanol–water partition coefficient (Wildman–Crippen LogP) is 3.66. The molecule has 0 fully saturated rings. The number of methoxy groups -OCH3 is 1. The second-order valence-corrected chi connectivity index (χ2v) is 8.03. The number of hydrogen-bond acceptors (Lipinski definition) is 7. The molecule has 0 aliphatic carbocycles. The van der Waals surface area contributed by atoms with Gasteiger partial charge in [-0.3, -0.25) is 9.20 Å². The molecule has 0 radical (unpaired) electrons. The third-order valence-electron chi connectivity index (χ3n) is 5.00. The Morgan fingerprint density at radius 2 is 1.91 bits per heavy atom. The normalized spacial score (nSPS) is 10.9. The maximum absolute atomic E-state index is 12.3. The summed E-state index contributed by atoms with van der Waals surface area (Å²) in [7, 11) is 1.63. The lowest BCUT2D eigenvalue weighted by Gasteiger charge is -2.04. The van der Waals surface area contributed by atoms with Crippen molar-refractivity contribution in [3.8, 4) is 23.1 Å². The Bertz CT molecular complexity index is 1500. The molecule has 9 nitrogen and oxygen atoms in total. The minimum absolute atomic E-state index is 0.169. The zero-order valence-electron chi connectivity index (χ0n) is 17.5. The zero-order chi connectivity index (χ0) is 22.8. The average Bonchev–Trinajstić information content (AvgIpc) is 3.47. The summed E-state index contributed by atoms with van der Waals surface area (Å²) >= 11 is 1.29. The van der Waals surface area contributed by atoms with E-state index in [2.05, 4.69) is 26.7 Å². The molecule has 162 valence electrons. The lowest BCUT2D eigenvalue weighted by molar-refractivity contribution is -0.113. The number of ether oxygens (including phenoxy) is 1. The molecule has 0 aliphatic rings. The molecule has 33 heavy (non-hydrogen) atoms. The molecule has 0 saturated heterocycles.